The molecule has 3 rings (SSSR count). The van der Waals surface area contributed by atoms with Gasteiger partial charge >= 0.3 is 5.97 Å². The predicted molar refractivity (Wildman–Crippen MR) is 77.4 cm³/mol. The van der Waals surface area contributed by atoms with E-state index in [-0.39, 0.29) is 17.2 Å². The number of fused-ring (bicyclic) bond motifs is 1. The molecule has 1 amide bonds. The van der Waals surface area contributed by atoms with E-state index in [1.807, 2.05) is 44.2 Å². The van der Waals surface area contributed by atoms with Crippen molar-refractivity contribution in [2.24, 2.45) is 5.92 Å². The molecule has 2 saturated heterocycles. The molecule has 1 aromatic rings. The number of carbonyl (C=O) groups excluding carboxylic acids is 1. The molecule has 5 heteroatoms. The summed E-state index contributed by atoms with van der Waals surface area (Å²) in [6.07, 6.45) is 0.691. The molecule has 0 aliphatic carbocycles. The Morgan fingerprint density at radius 1 is 1.35 bits per heavy atom. The first-order valence-electron chi connectivity index (χ1n) is 6.68. The number of carboxylic acids is 1. The molecule has 2 fully saturated rings. The van der Waals surface area contributed by atoms with Crippen LogP contribution in [0.1, 0.15) is 19.4 Å². The van der Waals surface area contributed by atoms with Gasteiger partial charge in [0.2, 0.25) is 5.91 Å². The Hall–Kier alpha value is -1.49. The zero-order valence-corrected chi connectivity index (χ0v) is 12.3. The van der Waals surface area contributed by atoms with Crippen molar-refractivity contribution in [3.8, 4) is 0 Å². The van der Waals surface area contributed by atoms with Crippen molar-refractivity contribution in [2.45, 2.75) is 36.4 Å². The molecule has 3 atom stereocenters. The van der Waals surface area contributed by atoms with Crippen LogP contribution in [0.25, 0.3) is 0 Å². The number of aliphatic carboxylic acids is 1. The number of hydrogen-bond acceptors (Lipinski definition) is 3. The summed E-state index contributed by atoms with van der Waals surface area (Å²) < 4.78 is -0.433. The van der Waals surface area contributed by atoms with Crippen LogP contribution in [-0.4, -0.2) is 38.0 Å². The number of carboxylic acid groups (broad SMARTS) is 1. The Bertz CT molecular complexity index is 557. The van der Waals surface area contributed by atoms with E-state index in [9.17, 15) is 14.7 Å². The molecule has 106 valence electrons. The van der Waals surface area contributed by atoms with E-state index in [1.54, 1.807) is 16.7 Å². The minimum absolute atomic E-state index is 0.00111. The van der Waals surface area contributed by atoms with Crippen LogP contribution in [0.2, 0.25) is 0 Å². The fourth-order valence-electron chi connectivity index (χ4n) is 3.15. The highest BCUT2D eigenvalue weighted by atomic mass is 32.2. The van der Waals surface area contributed by atoms with Crippen LogP contribution in [0.15, 0.2) is 30.3 Å². The van der Waals surface area contributed by atoms with Crippen molar-refractivity contribution in [3.05, 3.63) is 35.9 Å². The van der Waals surface area contributed by atoms with E-state index in [1.165, 1.54) is 0 Å². The third-order valence-corrected chi connectivity index (χ3v) is 5.71. The minimum Gasteiger partial charge on any atom is -0.480 e. The van der Waals surface area contributed by atoms with E-state index in [2.05, 4.69) is 0 Å². The topological polar surface area (TPSA) is 57.6 Å². The maximum atomic E-state index is 12.3. The number of β-lactam (4-membered cyclic amide) rings is 1. The second kappa shape index (κ2) is 4.52. The van der Waals surface area contributed by atoms with Gasteiger partial charge in [0, 0.05) is 4.75 Å². The van der Waals surface area contributed by atoms with Gasteiger partial charge in [0.25, 0.3) is 0 Å². The quantitative estimate of drug-likeness (QED) is 0.865. The molecule has 2 heterocycles. The van der Waals surface area contributed by atoms with E-state index >= 15 is 0 Å². The smallest absolute Gasteiger partial charge is 0.327 e. The van der Waals surface area contributed by atoms with E-state index in [0.717, 1.165) is 5.56 Å². The average Bonchev–Trinajstić information content (AvgIpc) is 2.66. The summed E-state index contributed by atoms with van der Waals surface area (Å²) in [5, 5.41) is 9.36. The second-order valence-electron chi connectivity index (χ2n) is 5.89. The molecule has 0 unspecified atom stereocenters. The maximum Gasteiger partial charge on any atom is 0.327 e. The fourth-order valence-corrected chi connectivity index (χ4v) is 4.83. The average molecular weight is 291 g/mol. The standard InChI is InChI=1S/C15H17NO3S/c1-15(2)11(14(18)19)16-12(17)10(13(16)20-15)8-9-6-4-3-5-7-9/h3-7,10-11,13H,8H2,1-2H3,(H,18,19)/t10-,11+,13-/m1/s1. The van der Waals surface area contributed by atoms with Crippen LogP contribution in [0.5, 0.6) is 0 Å². The van der Waals surface area contributed by atoms with Crippen LogP contribution in [-0.2, 0) is 16.0 Å². The molecular formula is C15H17NO3S. The summed E-state index contributed by atoms with van der Waals surface area (Å²) >= 11 is 1.61. The number of benzene rings is 1. The second-order valence-corrected chi connectivity index (χ2v) is 7.67. The molecule has 1 aromatic carbocycles. The number of carbonyl (C=O) groups is 2. The van der Waals surface area contributed by atoms with Crippen molar-refractivity contribution in [3.63, 3.8) is 0 Å². The van der Waals surface area contributed by atoms with Gasteiger partial charge < -0.3 is 10.0 Å². The highest BCUT2D eigenvalue weighted by molar-refractivity contribution is 8.01. The van der Waals surface area contributed by atoms with Gasteiger partial charge in [0.05, 0.1) is 11.3 Å². The highest BCUT2D eigenvalue weighted by Crippen LogP contribution is 2.53. The summed E-state index contributed by atoms with van der Waals surface area (Å²) in [6, 6.07) is 9.18. The lowest BCUT2D eigenvalue weighted by atomic mass is 9.87. The molecule has 0 spiro atoms. The number of hydrogen-bond donors (Lipinski definition) is 1. The molecular weight excluding hydrogens is 274 g/mol. The zero-order chi connectivity index (χ0) is 14.5. The lowest BCUT2D eigenvalue weighted by Gasteiger charge is -2.43. The summed E-state index contributed by atoms with van der Waals surface area (Å²) in [5.41, 5.74) is 1.13. The van der Waals surface area contributed by atoms with Crippen LogP contribution in [0, 0.1) is 5.92 Å². The van der Waals surface area contributed by atoms with Gasteiger partial charge in [0.1, 0.15) is 6.04 Å². The molecule has 0 radical (unpaired) electrons. The number of thioether (sulfide) groups is 1. The molecule has 20 heavy (non-hydrogen) atoms. The lowest BCUT2D eigenvalue weighted by Crippen LogP contribution is -2.63. The number of amides is 1. The van der Waals surface area contributed by atoms with Gasteiger partial charge in [-0.2, -0.15) is 0 Å². The van der Waals surface area contributed by atoms with Crippen molar-refractivity contribution in [1.82, 2.24) is 4.90 Å². The zero-order valence-electron chi connectivity index (χ0n) is 11.4. The van der Waals surface area contributed by atoms with Gasteiger partial charge in [0.15, 0.2) is 0 Å². The Balaban J connectivity index is 1.80. The van der Waals surface area contributed by atoms with Gasteiger partial charge in [-0.05, 0) is 25.8 Å². The highest BCUT2D eigenvalue weighted by Gasteiger charge is 2.63. The van der Waals surface area contributed by atoms with Crippen molar-refractivity contribution < 1.29 is 14.7 Å². The van der Waals surface area contributed by atoms with E-state index in [0.29, 0.717) is 6.42 Å². The summed E-state index contributed by atoms with van der Waals surface area (Å²) in [5.74, 6) is -1.02. The Morgan fingerprint density at radius 3 is 2.60 bits per heavy atom. The fraction of sp³-hybridized carbons (Fsp3) is 0.467. The molecule has 0 saturated carbocycles. The molecule has 0 bridgehead atoms. The third-order valence-electron chi connectivity index (χ3n) is 4.08. The molecule has 2 aliphatic rings. The minimum atomic E-state index is -0.906. The SMILES string of the molecule is CC1(C)S[C@@H]2[C@H](Cc3ccccc3)C(=O)N2[C@H]1C(=O)O. The Morgan fingerprint density at radius 2 is 2.00 bits per heavy atom. The van der Waals surface area contributed by atoms with Crippen LogP contribution >= 0.6 is 11.8 Å². The van der Waals surface area contributed by atoms with E-state index in [4.69, 9.17) is 0 Å². The first-order valence-corrected chi connectivity index (χ1v) is 7.56. The normalized spacial score (nSPS) is 30.8. The number of nitrogens with zero attached hydrogens (tertiary/aromatic N) is 1. The third kappa shape index (κ3) is 1.92. The van der Waals surface area contributed by atoms with E-state index < -0.39 is 16.8 Å². The molecule has 1 N–H and O–H groups in total. The van der Waals surface area contributed by atoms with Crippen molar-refractivity contribution in [1.29, 1.82) is 0 Å². The van der Waals surface area contributed by atoms with Gasteiger partial charge in [-0.3, -0.25) is 4.79 Å². The lowest BCUT2D eigenvalue weighted by molar-refractivity contribution is -0.163. The first-order chi connectivity index (χ1) is 9.42. The monoisotopic (exact) mass is 291 g/mol. The van der Waals surface area contributed by atoms with Gasteiger partial charge in [-0.25, -0.2) is 4.79 Å². The largest absolute Gasteiger partial charge is 0.480 e. The van der Waals surface area contributed by atoms with Crippen molar-refractivity contribution in [2.75, 3.05) is 0 Å². The van der Waals surface area contributed by atoms with Gasteiger partial charge in [-0.1, -0.05) is 30.3 Å². The van der Waals surface area contributed by atoms with Crippen LogP contribution in [0.3, 0.4) is 0 Å². The Labute approximate surface area is 122 Å². The number of rotatable bonds is 3. The predicted octanol–water partition coefficient (Wildman–Crippen LogP) is 1.99. The summed E-state index contributed by atoms with van der Waals surface area (Å²) in [4.78, 5) is 25.3. The summed E-state index contributed by atoms with van der Waals surface area (Å²) in [7, 11) is 0. The molecule has 0 aromatic heterocycles. The Kier molecular flexibility index (Phi) is 3.05. The summed E-state index contributed by atoms with van der Waals surface area (Å²) in [6.45, 7) is 3.81. The molecule has 2 aliphatic heterocycles. The van der Waals surface area contributed by atoms with Crippen LogP contribution < -0.4 is 0 Å². The van der Waals surface area contributed by atoms with Crippen molar-refractivity contribution >= 4 is 23.6 Å². The molecule has 4 nitrogen and oxygen atoms in total. The van der Waals surface area contributed by atoms with Gasteiger partial charge in [-0.15, -0.1) is 11.8 Å². The first kappa shape index (κ1) is 13.5. The maximum absolute atomic E-state index is 12.3. The van der Waals surface area contributed by atoms with Crippen LogP contribution in [0.4, 0.5) is 0 Å².